The summed E-state index contributed by atoms with van der Waals surface area (Å²) < 4.78 is 5.19. The van der Waals surface area contributed by atoms with Crippen LogP contribution in [0.25, 0.3) is 0 Å². The molecule has 0 atom stereocenters. The van der Waals surface area contributed by atoms with Crippen LogP contribution in [-0.2, 0) is 4.79 Å². The Labute approximate surface area is 156 Å². The van der Waals surface area contributed by atoms with Gasteiger partial charge in [0.05, 0.1) is 12.5 Å². The Morgan fingerprint density at radius 2 is 1.78 bits per heavy atom. The third-order valence-corrected chi connectivity index (χ3v) is 4.90. The number of anilines is 2. The first-order valence-electron chi connectivity index (χ1n) is 8.96. The number of piperazine rings is 2. The first-order chi connectivity index (χ1) is 13.2. The molecule has 2 saturated heterocycles. The molecule has 0 bridgehead atoms. The lowest BCUT2D eigenvalue weighted by Gasteiger charge is -2.35. The van der Waals surface area contributed by atoms with E-state index in [9.17, 15) is 9.59 Å². The number of nitrogens with zero attached hydrogens (tertiary/aromatic N) is 7. The second kappa shape index (κ2) is 7.60. The summed E-state index contributed by atoms with van der Waals surface area (Å²) in [5.41, 5.74) is 0. The molecule has 0 unspecified atom stereocenters. The molecule has 2 amide bonds. The number of hydrogen-bond acceptors (Lipinski definition) is 8. The molecule has 27 heavy (non-hydrogen) atoms. The largest absolute Gasteiger partial charge is 0.459 e. The van der Waals surface area contributed by atoms with Crippen molar-refractivity contribution in [2.45, 2.75) is 0 Å². The van der Waals surface area contributed by atoms with E-state index < -0.39 is 0 Å². The fourth-order valence-electron chi connectivity index (χ4n) is 3.29. The monoisotopic (exact) mass is 371 g/mol. The van der Waals surface area contributed by atoms with E-state index in [0.29, 0.717) is 64.1 Å². The zero-order valence-corrected chi connectivity index (χ0v) is 14.9. The topological polar surface area (TPSA) is 98.9 Å². The highest BCUT2D eigenvalue weighted by Crippen LogP contribution is 2.17. The van der Waals surface area contributed by atoms with Gasteiger partial charge in [-0.15, -0.1) is 5.10 Å². The molecule has 0 N–H and O–H groups in total. The molecular formula is C17H21N7O3. The van der Waals surface area contributed by atoms with E-state index in [4.69, 9.17) is 4.42 Å². The highest BCUT2D eigenvalue weighted by Gasteiger charge is 2.25. The number of hydrogen-bond donors (Lipinski definition) is 0. The van der Waals surface area contributed by atoms with Crippen LogP contribution in [-0.4, -0.2) is 89.7 Å². The third kappa shape index (κ3) is 3.69. The van der Waals surface area contributed by atoms with Crippen LogP contribution >= 0.6 is 0 Å². The second-order valence-electron chi connectivity index (χ2n) is 6.50. The zero-order chi connectivity index (χ0) is 18.6. The Morgan fingerprint density at radius 1 is 1.04 bits per heavy atom. The van der Waals surface area contributed by atoms with Crippen molar-refractivity contribution in [3.63, 3.8) is 0 Å². The van der Waals surface area contributed by atoms with Crippen LogP contribution in [0.4, 0.5) is 11.8 Å². The third-order valence-electron chi connectivity index (χ3n) is 4.90. The van der Waals surface area contributed by atoms with Gasteiger partial charge in [0.1, 0.15) is 0 Å². The van der Waals surface area contributed by atoms with Crippen LogP contribution in [0.2, 0.25) is 0 Å². The summed E-state index contributed by atoms with van der Waals surface area (Å²) in [4.78, 5) is 35.5. The molecule has 142 valence electrons. The average molecular weight is 371 g/mol. The van der Waals surface area contributed by atoms with E-state index in [1.165, 1.54) is 6.26 Å². The standard InChI is InChI=1S/C17H21N7O3/c25-13-21-3-5-24(6-4-21)17-19-15(12-18-20-17)22-7-9-23(10-8-22)16(26)14-2-1-11-27-14/h1-2,11-13H,3-10H2. The van der Waals surface area contributed by atoms with E-state index in [-0.39, 0.29) is 5.91 Å². The highest BCUT2D eigenvalue weighted by molar-refractivity contribution is 5.91. The summed E-state index contributed by atoms with van der Waals surface area (Å²) in [6.45, 7) is 5.22. The molecule has 0 saturated carbocycles. The molecule has 0 aromatic carbocycles. The summed E-state index contributed by atoms with van der Waals surface area (Å²) >= 11 is 0. The van der Waals surface area contributed by atoms with Gasteiger partial charge in [-0.1, -0.05) is 0 Å². The lowest BCUT2D eigenvalue weighted by Crippen LogP contribution is -2.49. The molecule has 4 heterocycles. The first-order valence-corrected chi connectivity index (χ1v) is 8.96. The van der Waals surface area contributed by atoms with Crippen molar-refractivity contribution < 1.29 is 14.0 Å². The molecule has 0 spiro atoms. The molecule has 10 heteroatoms. The van der Waals surface area contributed by atoms with Crippen molar-refractivity contribution in [3.8, 4) is 0 Å². The molecule has 0 radical (unpaired) electrons. The van der Waals surface area contributed by atoms with Crippen LogP contribution < -0.4 is 9.80 Å². The van der Waals surface area contributed by atoms with Gasteiger partial charge in [0.2, 0.25) is 12.4 Å². The maximum absolute atomic E-state index is 12.4. The van der Waals surface area contributed by atoms with Crippen molar-refractivity contribution in [1.82, 2.24) is 25.0 Å². The maximum Gasteiger partial charge on any atom is 0.289 e. The van der Waals surface area contributed by atoms with Gasteiger partial charge in [-0.25, -0.2) is 0 Å². The van der Waals surface area contributed by atoms with Crippen molar-refractivity contribution in [2.24, 2.45) is 0 Å². The smallest absolute Gasteiger partial charge is 0.289 e. The van der Waals surface area contributed by atoms with Gasteiger partial charge >= 0.3 is 0 Å². The lowest BCUT2D eigenvalue weighted by atomic mass is 10.3. The van der Waals surface area contributed by atoms with Crippen molar-refractivity contribution in [3.05, 3.63) is 30.4 Å². The maximum atomic E-state index is 12.4. The Kier molecular flexibility index (Phi) is 4.86. The predicted molar refractivity (Wildman–Crippen MR) is 96.5 cm³/mol. The van der Waals surface area contributed by atoms with Gasteiger partial charge in [0.25, 0.3) is 5.91 Å². The molecule has 2 aliphatic rings. The molecule has 2 aliphatic heterocycles. The second-order valence-corrected chi connectivity index (χ2v) is 6.50. The molecule has 2 aromatic rings. The number of amides is 2. The Bertz CT molecular complexity index is 782. The Morgan fingerprint density at radius 3 is 2.44 bits per heavy atom. The summed E-state index contributed by atoms with van der Waals surface area (Å²) in [7, 11) is 0. The van der Waals surface area contributed by atoms with E-state index >= 15 is 0 Å². The SMILES string of the molecule is O=CN1CCN(c2nncc(N3CCN(C(=O)c4ccco4)CC3)n2)CC1. The van der Waals surface area contributed by atoms with E-state index in [0.717, 1.165) is 12.2 Å². The lowest BCUT2D eigenvalue weighted by molar-refractivity contribution is -0.118. The highest BCUT2D eigenvalue weighted by atomic mass is 16.3. The minimum absolute atomic E-state index is 0.0887. The van der Waals surface area contributed by atoms with Gasteiger partial charge in [0, 0.05) is 52.4 Å². The number of carbonyl (C=O) groups is 2. The van der Waals surface area contributed by atoms with E-state index in [2.05, 4.69) is 20.1 Å². The fourth-order valence-corrected chi connectivity index (χ4v) is 3.29. The molecule has 10 nitrogen and oxygen atoms in total. The van der Waals surface area contributed by atoms with Crippen LogP contribution in [0.3, 0.4) is 0 Å². The van der Waals surface area contributed by atoms with Gasteiger partial charge in [-0.05, 0) is 12.1 Å². The van der Waals surface area contributed by atoms with Crippen molar-refractivity contribution in [1.29, 1.82) is 0 Å². The fraction of sp³-hybridized carbons (Fsp3) is 0.471. The summed E-state index contributed by atoms with van der Waals surface area (Å²) in [6, 6.07) is 3.40. The molecule has 2 aromatic heterocycles. The number of furan rings is 1. The molecular weight excluding hydrogens is 350 g/mol. The zero-order valence-electron chi connectivity index (χ0n) is 14.9. The number of rotatable bonds is 4. The molecule has 4 rings (SSSR count). The molecule has 0 aliphatic carbocycles. The average Bonchev–Trinajstić information content (AvgIpc) is 3.28. The summed E-state index contributed by atoms with van der Waals surface area (Å²) in [5.74, 6) is 1.60. The predicted octanol–water partition coefficient (Wildman–Crippen LogP) is -0.295. The van der Waals surface area contributed by atoms with Crippen molar-refractivity contribution in [2.75, 3.05) is 62.2 Å². The summed E-state index contributed by atoms with van der Waals surface area (Å²) in [5, 5.41) is 8.23. The van der Waals surface area contributed by atoms with Crippen molar-refractivity contribution >= 4 is 24.1 Å². The first kappa shape index (κ1) is 17.3. The van der Waals surface area contributed by atoms with Crippen LogP contribution in [0.15, 0.2) is 29.0 Å². The number of aromatic nitrogens is 3. The number of carbonyl (C=O) groups excluding carboxylic acids is 2. The van der Waals surface area contributed by atoms with Gasteiger partial charge in [-0.3, -0.25) is 9.59 Å². The van der Waals surface area contributed by atoms with E-state index in [1.54, 1.807) is 28.1 Å². The van der Waals surface area contributed by atoms with Crippen LogP contribution in [0, 0.1) is 0 Å². The minimum Gasteiger partial charge on any atom is -0.459 e. The van der Waals surface area contributed by atoms with Crippen LogP contribution in [0.5, 0.6) is 0 Å². The summed E-state index contributed by atoms with van der Waals surface area (Å²) in [6.07, 6.45) is 4.03. The van der Waals surface area contributed by atoms with Gasteiger partial charge < -0.3 is 24.0 Å². The Balaban J connectivity index is 1.37. The van der Waals surface area contributed by atoms with Gasteiger partial charge in [-0.2, -0.15) is 10.1 Å². The Hall–Kier alpha value is -3.17. The quantitative estimate of drug-likeness (QED) is 0.676. The normalized spacial score (nSPS) is 17.9. The van der Waals surface area contributed by atoms with Gasteiger partial charge in [0.15, 0.2) is 11.6 Å². The molecule has 2 fully saturated rings. The minimum atomic E-state index is -0.0887. The van der Waals surface area contributed by atoms with Crippen LogP contribution in [0.1, 0.15) is 10.6 Å². The van der Waals surface area contributed by atoms with E-state index in [1.807, 2.05) is 4.90 Å².